The van der Waals surface area contributed by atoms with Crippen molar-refractivity contribution in [3.8, 4) is 0 Å². The van der Waals surface area contributed by atoms with Crippen LogP contribution in [0.25, 0.3) is 5.57 Å². The molecule has 0 fully saturated rings. The second kappa shape index (κ2) is 6.23. The van der Waals surface area contributed by atoms with E-state index in [0.717, 1.165) is 30.6 Å². The minimum atomic E-state index is 0.176. The summed E-state index contributed by atoms with van der Waals surface area (Å²) < 4.78 is 0. The number of likely N-dealkylation sites (N-methyl/N-ethyl adjacent to an activating group) is 1. The third-order valence-corrected chi connectivity index (χ3v) is 3.88. The van der Waals surface area contributed by atoms with Gasteiger partial charge in [0.2, 0.25) is 5.91 Å². The van der Waals surface area contributed by atoms with E-state index in [9.17, 15) is 4.79 Å². The van der Waals surface area contributed by atoms with Gasteiger partial charge in [0.05, 0.1) is 6.42 Å². The first-order valence-electron chi connectivity index (χ1n) is 7.34. The molecule has 3 heteroatoms. The maximum atomic E-state index is 11.8. The molecule has 0 atom stereocenters. The highest BCUT2D eigenvalue weighted by atomic mass is 16.2. The number of amides is 1. The Hall–Kier alpha value is -1.61. The predicted molar refractivity (Wildman–Crippen MR) is 84.7 cm³/mol. The van der Waals surface area contributed by atoms with Crippen LogP contribution in [0.1, 0.15) is 37.8 Å². The first-order valence-corrected chi connectivity index (χ1v) is 7.34. The van der Waals surface area contributed by atoms with Crippen LogP contribution in [-0.2, 0) is 11.2 Å². The van der Waals surface area contributed by atoms with Gasteiger partial charge in [0.15, 0.2) is 0 Å². The number of carbonyl (C=O) groups excluding carboxylic acids is 1. The summed E-state index contributed by atoms with van der Waals surface area (Å²) in [7, 11) is 1.84. The fourth-order valence-corrected chi connectivity index (χ4v) is 2.71. The standard InChI is InChI=1S/C17H24N2O/c1-12(2)15(6-4-5-9-18)13-7-8-16-14(10-13)11-17(20)19(16)3/h6-8,10,12H,4-5,9,11,18H2,1-3H3/b15-6+. The number of carbonyl (C=O) groups is 1. The van der Waals surface area contributed by atoms with Crippen molar-refractivity contribution >= 4 is 17.2 Å². The summed E-state index contributed by atoms with van der Waals surface area (Å²) in [5.74, 6) is 0.649. The smallest absolute Gasteiger partial charge is 0.231 e. The molecular weight excluding hydrogens is 248 g/mol. The van der Waals surface area contributed by atoms with Crippen molar-refractivity contribution in [3.63, 3.8) is 0 Å². The van der Waals surface area contributed by atoms with Crippen LogP contribution in [0, 0.1) is 5.92 Å². The minimum Gasteiger partial charge on any atom is -0.330 e. The Morgan fingerprint density at radius 3 is 2.85 bits per heavy atom. The van der Waals surface area contributed by atoms with E-state index in [0.29, 0.717) is 12.3 Å². The molecule has 1 amide bonds. The average Bonchev–Trinajstić information content (AvgIpc) is 2.69. The molecule has 0 radical (unpaired) electrons. The second-order valence-corrected chi connectivity index (χ2v) is 5.72. The maximum Gasteiger partial charge on any atom is 0.231 e. The number of benzene rings is 1. The van der Waals surface area contributed by atoms with Gasteiger partial charge in [-0.05, 0) is 54.1 Å². The highest BCUT2D eigenvalue weighted by Gasteiger charge is 2.24. The Morgan fingerprint density at radius 1 is 1.45 bits per heavy atom. The number of allylic oxidation sites excluding steroid dienone is 2. The van der Waals surface area contributed by atoms with Crippen molar-refractivity contribution in [3.05, 3.63) is 35.4 Å². The molecule has 20 heavy (non-hydrogen) atoms. The molecule has 1 heterocycles. The first kappa shape index (κ1) is 14.8. The van der Waals surface area contributed by atoms with Gasteiger partial charge in [0.25, 0.3) is 0 Å². The zero-order valence-electron chi connectivity index (χ0n) is 12.6. The second-order valence-electron chi connectivity index (χ2n) is 5.72. The Kier molecular flexibility index (Phi) is 4.61. The number of nitrogens with zero attached hydrogens (tertiary/aromatic N) is 1. The molecule has 0 saturated heterocycles. The van der Waals surface area contributed by atoms with E-state index < -0.39 is 0 Å². The third kappa shape index (κ3) is 2.93. The van der Waals surface area contributed by atoms with Crippen molar-refractivity contribution in [2.75, 3.05) is 18.5 Å². The lowest BCUT2D eigenvalue weighted by Crippen LogP contribution is -2.20. The fraction of sp³-hybridized carbons (Fsp3) is 0.471. The van der Waals surface area contributed by atoms with E-state index in [1.807, 2.05) is 7.05 Å². The monoisotopic (exact) mass is 272 g/mol. The summed E-state index contributed by atoms with van der Waals surface area (Å²) in [6.07, 6.45) is 4.84. The van der Waals surface area contributed by atoms with E-state index in [4.69, 9.17) is 5.73 Å². The molecule has 0 saturated carbocycles. The largest absolute Gasteiger partial charge is 0.330 e. The van der Waals surface area contributed by atoms with Crippen LogP contribution in [-0.4, -0.2) is 19.5 Å². The summed E-state index contributed by atoms with van der Waals surface area (Å²) in [4.78, 5) is 13.5. The molecule has 0 spiro atoms. The summed E-state index contributed by atoms with van der Waals surface area (Å²) in [6, 6.07) is 6.36. The van der Waals surface area contributed by atoms with Crippen LogP contribution in [0.15, 0.2) is 24.3 Å². The van der Waals surface area contributed by atoms with Gasteiger partial charge in [-0.1, -0.05) is 26.0 Å². The van der Waals surface area contributed by atoms with Crippen LogP contribution < -0.4 is 10.6 Å². The number of fused-ring (bicyclic) bond motifs is 1. The minimum absolute atomic E-state index is 0.176. The first-order chi connectivity index (χ1) is 9.54. The van der Waals surface area contributed by atoms with Gasteiger partial charge in [0.1, 0.15) is 0 Å². The lowest BCUT2D eigenvalue weighted by Gasteiger charge is -2.15. The Morgan fingerprint density at radius 2 is 2.20 bits per heavy atom. The van der Waals surface area contributed by atoms with E-state index in [1.165, 1.54) is 11.1 Å². The predicted octanol–water partition coefficient (Wildman–Crippen LogP) is 2.98. The van der Waals surface area contributed by atoms with Gasteiger partial charge in [-0.2, -0.15) is 0 Å². The summed E-state index contributed by atoms with van der Waals surface area (Å²) in [5, 5.41) is 0. The van der Waals surface area contributed by atoms with E-state index in [2.05, 4.69) is 38.1 Å². The van der Waals surface area contributed by atoms with E-state index >= 15 is 0 Å². The van der Waals surface area contributed by atoms with Crippen molar-refractivity contribution in [1.82, 2.24) is 0 Å². The lowest BCUT2D eigenvalue weighted by atomic mass is 9.92. The van der Waals surface area contributed by atoms with Crippen LogP contribution in [0.2, 0.25) is 0 Å². The molecule has 108 valence electrons. The van der Waals surface area contributed by atoms with Gasteiger partial charge in [-0.3, -0.25) is 4.79 Å². The highest BCUT2D eigenvalue weighted by Crippen LogP contribution is 2.32. The maximum absolute atomic E-state index is 11.8. The zero-order chi connectivity index (χ0) is 14.7. The number of anilines is 1. The normalized spacial score (nSPS) is 15.2. The molecule has 2 N–H and O–H groups in total. The molecule has 3 nitrogen and oxygen atoms in total. The summed E-state index contributed by atoms with van der Waals surface area (Å²) in [6.45, 7) is 5.14. The van der Waals surface area contributed by atoms with E-state index in [1.54, 1.807) is 4.90 Å². The van der Waals surface area contributed by atoms with Crippen molar-refractivity contribution < 1.29 is 4.79 Å². The molecule has 0 aliphatic carbocycles. The molecule has 1 aromatic rings. The Bertz CT molecular complexity index is 532. The van der Waals surface area contributed by atoms with Crippen molar-refractivity contribution in [2.24, 2.45) is 11.7 Å². The molecular formula is C17H24N2O. The number of nitrogens with two attached hydrogens (primary N) is 1. The zero-order valence-corrected chi connectivity index (χ0v) is 12.6. The lowest BCUT2D eigenvalue weighted by molar-refractivity contribution is -0.117. The Labute approximate surface area is 121 Å². The van der Waals surface area contributed by atoms with Crippen LogP contribution in [0.5, 0.6) is 0 Å². The molecule has 0 unspecified atom stereocenters. The molecule has 1 aliphatic rings. The van der Waals surface area contributed by atoms with Gasteiger partial charge in [-0.15, -0.1) is 0 Å². The van der Waals surface area contributed by atoms with Gasteiger partial charge in [0, 0.05) is 12.7 Å². The van der Waals surface area contributed by atoms with Gasteiger partial charge in [-0.25, -0.2) is 0 Å². The highest BCUT2D eigenvalue weighted by molar-refractivity contribution is 6.01. The summed E-state index contributed by atoms with van der Waals surface area (Å²) >= 11 is 0. The van der Waals surface area contributed by atoms with Gasteiger partial charge < -0.3 is 10.6 Å². The SMILES string of the molecule is CC(C)/C(=C\CCCN)c1ccc2c(c1)CC(=O)N2C. The summed E-state index contributed by atoms with van der Waals surface area (Å²) in [5.41, 5.74) is 10.3. The topological polar surface area (TPSA) is 46.3 Å². The molecule has 1 aliphatic heterocycles. The van der Waals surface area contributed by atoms with Gasteiger partial charge >= 0.3 is 0 Å². The van der Waals surface area contributed by atoms with Crippen LogP contribution in [0.4, 0.5) is 5.69 Å². The molecule has 1 aromatic carbocycles. The number of hydrogen-bond acceptors (Lipinski definition) is 2. The number of rotatable bonds is 5. The molecule has 0 aromatic heterocycles. The third-order valence-electron chi connectivity index (χ3n) is 3.88. The van der Waals surface area contributed by atoms with Crippen LogP contribution >= 0.6 is 0 Å². The number of hydrogen-bond donors (Lipinski definition) is 1. The van der Waals surface area contributed by atoms with Crippen molar-refractivity contribution in [1.29, 1.82) is 0 Å². The van der Waals surface area contributed by atoms with Crippen LogP contribution in [0.3, 0.4) is 0 Å². The molecule has 0 bridgehead atoms. The Balaban J connectivity index is 2.30. The van der Waals surface area contributed by atoms with Crippen molar-refractivity contribution in [2.45, 2.75) is 33.1 Å². The fourth-order valence-electron chi connectivity index (χ4n) is 2.71. The quantitative estimate of drug-likeness (QED) is 0.838. The van der Waals surface area contributed by atoms with E-state index in [-0.39, 0.29) is 5.91 Å². The number of unbranched alkanes of at least 4 members (excludes halogenated alkanes) is 1. The molecule has 2 rings (SSSR count). The average molecular weight is 272 g/mol.